The van der Waals surface area contributed by atoms with E-state index in [2.05, 4.69) is 9.82 Å². The van der Waals surface area contributed by atoms with Crippen LogP contribution in [0.1, 0.15) is 11.1 Å². The number of benzene rings is 1. The molecule has 0 atom stereocenters. The van der Waals surface area contributed by atoms with Gasteiger partial charge in [-0.1, -0.05) is 18.2 Å². The van der Waals surface area contributed by atoms with E-state index in [1.165, 1.54) is 17.1 Å². The summed E-state index contributed by atoms with van der Waals surface area (Å²) in [6, 6.07) is 5.88. The molecule has 0 saturated heterocycles. The van der Waals surface area contributed by atoms with Crippen LogP contribution in [0.25, 0.3) is 0 Å². The lowest BCUT2D eigenvalue weighted by Gasteiger charge is -2.12. The van der Waals surface area contributed by atoms with Crippen molar-refractivity contribution in [2.24, 2.45) is 7.05 Å². The summed E-state index contributed by atoms with van der Waals surface area (Å²) in [6.45, 7) is 4.39. The van der Waals surface area contributed by atoms with Gasteiger partial charge in [-0.3, -0.25) is 4.68 Å². The van der Waals surface area contributed by atoms with Gasteiger partial charge in [-0.05, 0) is 25.0 Å². The number of nitrogens with one attached hydrogen (secondary N) is 1. The summed E-state index contributed by atoms with van der Waals surface area (Å²) >= 11 is 0. The average Bonchev–Trinajstić information content (AvgIpc) is 2.85. The Labute approximate surface area is 124 Å². The van der Waals surface area contributed by atoms with Gasteiger partial charge in [0.15, 0.2) is 0 Å². The molecule has 6 nitrogen and oxygen atoms in total. The van der Waals surface area contributed by atoms with Gasteiger partial charge < -0.3 is 4.74 Å². The Morgan fingerprint density at radius 3 is 2.52 bits per heavy atom. The molecule has 0 aliphatic carbocycles. The van der Waals surface area contributed by atoms with E-state index in [1.807, 2.05) is 32.0 Å². The molecule has 114 valence electrons. The van der Waals surface area contributed by atoms with Crippen LogP contribution in [0.4, 0.5) is 0 Å². The molecule has 0 radical (unpaired) electrons. The van der Waals surface area contributed by atoms with Gasteiger partial charge in [0.05, 0.1) is 6.20 Å². The molecule has 2 rings (SSSR count). The summed E-state index contributed by atoms with van der Waals surface area (Å²) in [6.07, 6.45) is 2.77. The van der Waals surface area contributed by atoms with Gasteiger partial charge in [0, 0.05) is 19.8 Å². The molecule has 0 fully saturated rings. The third-order valence-electron chi connectivity index (χ3n) is 3.04. The first kappa shape index (κ1) is 15.5. The van der Waals surface area contributed by atoms with E-state index >= 15 is 0 Å². The lowest BCUT2D eigenvalue weighted by molar-refractivity contribution is 0.318. The number of hydrogen-bond donors (Lipinski definition) is 1. The minimum Gasteiger partial charge on any atom is -0.492 e. The fraction of sp³-hybridized carbons (Fsp3) is 0.357. The Balaban J connectivity index is 1.90. The maximum atomic E-state index is 12.0. The molecule has 21 heavy (non-hydrogen) atoms. The zero-order valence-corrected chi connectivity index (χ0v) is 13.1. The van der Waals surface area contributed by atoms with Crippen molar-refractivity contribution in [3.8, 4) is 5.75 Å². The Morgan fingerprint density at radius 2 is 1.95 bits per heavy atom. The van der Waals surface area contributed by atoms with Gasteiger partial charge in [0.2, 0.25) is 10.0 Å². The van der Waals surface area contributed by atoms with Crippen molar-refractivity contribution < 1.29 is 13.2 Å². The van der Waals surface area contributed by atoms with Crippen molar-refractivity contribution >= 4 is 10.0 Å². The van der Waals surface area contributed by atoms with Gasteiger partial charge in [-0.2, -0.15) is 5.10 Å². The second-order valence-electron chi connectivity index (χ2n) is 4.82. The number of ether oxygens (including phenoxy) is 1. The van der Waals surface area contributed by atoms with Crippen molar-refractivity contribution in [3.05, 3.63) is 41.7 Å². The standard InChI is InChI=1S/C14H19N3O3S/c1-11-5-4-6-12(2)14(11)20-8-7-16-21(18,19)13-9-15-17(3)10-13/h4-6,9-10,16H,7-8H2,1-3H3. The van der Waals surface area contributed by atoms with Crippen LogP contribution in [-0.2, 0) is 17.1 Å². The maximum Gasteiger partial charge on any atom is 0.243 e. The van der Waals surface area contributed by atoms with Crippen molar-refractivity contribution in [3.63, 3.8) is 0 Å². The number of rotatable bonds is 6. The molecule has 1 heterocycles. The van der Waals surface area contributed by atoms with E-state index in [-0.39, 0.29) is 18.0 Å². The first-order valence-electron chi connectivity index (χ1n) is 6.57. The van der Waals surface area contributed by atoms with Gasteiger partial charge >= 0.3 is 0 Å². The van der Waals surface area contributed by atoms with Crippen LogP contribution in [0.15, 0.2) is 35.5 Å². The highest BCUT2D eigenvalue weighted by atomic mass is 32.2. The van der Waals surface area contributed by atoms with E-state index in [0.29, 0.717) is 0 Å². The summed E-state index contributed by atoms with van der Waals surface area (Å²) in [5, 5.41) is 3.85. The summed E-state index contributed by atoms with van der Waals surface area (Å²) < 4.78 is 33.5. The first-order chi connectivity index (χ1) is 9.90. The zero-order chi connectivity index (χ0) is 15.5. The van der Waals surface area contributed by atoms with Crippen LogP contribution < -0.4 is 9.46 Å². The summed E-state index contributed by atoms with van der Waals surface area (Å²) in [7, 11) is -1.86. The number of nitrogens with zero attached hydrogens (tertiary/aromatic N) is 2. The number of para-hydroxylation sites is 1. The van der Waals surface area contributed by atoms with E-state index in [9.17, 15) is 8.42 Å². The van der Waals surface area contributed by atoms with E-state index in [1.54, 1.807) is 7.05 Å². The molecule has 7 heteroatoms. The molecule has 0 bridgehead atoms. The fourth-order valence-electron chi connectivity index (χ4n) is 1.98. The van der Waals surface area contributed by atoms with Crippen molar-refractivity contribution in [2.45, 2.75) is 18.7 Å². The lowest BCUT2D eigenvalue weighted by atomic mass is 10.1. The van der Waals surface area contributed by atoms with Crippen LogP contribution >= 0.6 is 0 Å². The third kappa shape index (κ3) is 3.83. The molecule has 0 spiro atoms. The van der Waals surface area contributed by atoms with Gasteiger partial charge in [0.25, 0.3) is 0 Å². The van der Waals surface area contributed by atoms with Crippen LogP contribution in [0.3, 0.4) is 0 Å². The predicted molar refractivity (Wildman–Crippen MR) is 79.8 cm³/mol. The Kier molecular flexibility index (Phi) is 4.64. The van der Waals surface area contributed by atoms with Gasteiger partial charge in [-0.15, -0.1) is 0 Å². The Bertz CT molecular complexity index is 703. The molecule has 1 N–H and O–H groups in total. The molecule has 0 amide bonds. The highest BCUT2D eigenvalue weighted by Crippen LogP contribution is 2.21. The highest BCUT2D eigenvalue weighted by Gasteiger charge is 2.15. The van der Waals surface area contributed by atoms with E-state index in [0.717, 1.165) is 16.9 Å². The number of aromatic nitrogens is 2. The first-order valence-corrected chi connectivity index (χ1v) is 8.06. The van der Waals surface area contributed by atoms with Crippen molar-refractivity contribution in [1.82, 2.24) is 14.5 Å². The molecule has 1 aromatic carbocycles. The Hall–Kier alpha value is -1.86. The van der Waals surface area contributed by atoms with Crippen LogP contribution in [-0.4, -0.2) is 31.3 Å². The third-order valence-corrected chi connectivity index (χ3v) is 4.46. The monoisotopic (exact) mass is 309 g/mol. The maximum absolute atomic E-state index is 12.0. The number of sulfonamides is 1. The topological polar surface area (TPSA) is 73.2 Å². The quantitative estimate of drug-likeness (QED) is 0.819. The molecule has 0 saturated carbocycles. The van der Waals surface area contributed by atoms with E-state index < -0.39 is 10.0 Å². The van der Waals surface area contributed by atoms with Crippen molar-refractivity contribution in [1.29, 1.82) is 0 Å². The van der Waals surface area contributed by atoms with Crippen molar-refractivity contribution in [2.75, 3.05) is 13.2 Å². The minimum absolute atomic E-state index is 0.150. The smallest absolute Gasteiger partial charge is 0.243 e. The molecule has 2 aromatic rings. The second kappa shape index (κ2) is 6.28. The molecule has 0 aliphatic rings. The van der Waals surface area contributed by atoms with Gasteiger partial charge in [0.1, 0.15) is 17.3 Å². The highest BCUT2D eigenvalue weighted by molar-refractivity contribution is 7.89. The van der Waals surface area contributed by atoms with Crippen LogP contribution in [0.5, 0.6) is 5.75 Å². The van der Waals surface area contributed by atoms with Gasteiger partial charge in [-0.25, -0.2) is 13.1 Å². The Morgan fingerprint density at radius 1 is 1.29 bits per heavy atom. The normalized spacial score (nSPS) is 11.6. The zero-order valence-electron chi connectivity index (χ0n) is 12.3. The summed E-state index contributed by atoms with van der Waals surface area (Å²) in [4.78, 5) is 0.150. The summed E-state index contributed by atoms with van der Waals surface area (Å²) in [5.41, 5.74) is 2.07. The largest absolute Gasteiger partial charge is 0.492 e. The minimum atomic E-state index is -3.53. The van der Waals surface area contributed by atoms with Crippen LogP contribution in [0.2, 0.25) is 0 Å². The fourth-order valence-corrected chi connectivity index (χ4v) is 2.97. The van der Waals surface area contributed by atoms with Crippen LogP contribution in [0, 0.1) is 13.8 Å². The second-order valence-corrected chi connectivity index (χ2v) is 6.58. The van der Waals surface area contributed by atoms with E-state index in [4.69, 9.17) is 4.74 Å². The lowest BCUT2D eigenvalue weighted by Crippen LogP contribution is -2.28. The average molecular weight is 309 g/mol. The number of hydrogen-bond acceptors (Lipinski definition) is 4. The molecule has 1 aromatic heterocycles. The summed E-state index contributed by atoms with van der Waals surface area (Å²) in [5.74, 6) is 0.804. The molecule has 0 unspecified atom stereocenters. The molecular weight excluding hydrogens is 290 g/mol. The SMILES string of the molecule is Cc1cccc(C)c1OCCNS(=O)(=O)c1cnn(C)c1. The molecule has 0 aliphatic heterocycles. The number of aryl methyl sites for hydroxylation is 3. The predicted octanol–water partition coefficient (Wildman–Crippen LogP) is 1.39. The molecular formula is C14H19N3O3S.